The topological polar surface area (TPSA) is 67.9 Å². The average molecular weight is 398 g/mol. The van der Waals surface area contributed by atoms with E-state index in [4.69, 9.17) is 9.47 Å². The number of amides is 2. The normalized spacial score (nSPS) is 22.9. The number of halogens is 3. The molecule has 0 unspecified atom stereocenters. The van der Waals surface area contributed by atoms with Crippen LogP contribution in [0.1, 0.15) is 31.2 Å². The molecule has 1 aromatic rings. The van der Waals surface area contributed by atoms with E-state index in [1.165, 1.54) is 18.2 Å². The number of benzene rings is 1. The molecule has 1 N–H and O–H groups in total. The van der Waals surface area contributed by atoms with Crippen LogP contribution in [0.4, 0.5) is 18.9 Å². The van der Waals surface area contributed by atoms with Crippen molar-refractivity contribution in [3.63, 3.8) is 0 Å². The van der Waals surface area contributed by atoms with Gasteiger partial charge in [-0.15, -0.1) is 0 Å². The van der Waals surface area contributed by atoms with E-state index < -0.39 is 28.8 Å². The first-order chi connectivity index (χ1) is 13.3. The van der Waals surface area contributed by atoms with Gasteiger partial charge < -0.3 is 19.7 Å². The largest absolute Gasteiger partial charge is 0.418 e. The molecule has 0 aromatic heterocycles. The summed E-state index contributed by atoms with van der Waals surface area (Å²) in [5.41, 5.74) is -2.54. The Kier molecular flexibility index (Phi) is 4.62. The van der Waals surface area contributed by atoms with Crippen LogP contribution < -0.4 is 5.32 Å². The molecule has 3 aliphatic rings. The standard InChI is InChI=1S/C19H21F3N2O4/c20-19(21,22)13-3-1-2-4-14(13)23-15(25)17(5-6-17)16(26)24-9-7-18(8-10-24)27-11-12-28-18/h1-4H,5-12H2,(H,23,25). The Balaban J connectivity index is 1.44. The first kappa shape index (κ1) is 19.2. The SMILES string of the molecule is O=C(Nc1ccccc1C(F)(F)F)C1(C(=O)N2CCC3(CC2)OCCO3)CC1. The lowest BCUT2D eigenvalue weighted by molar-refractivity contribution is -0.188. The van der Waals surface area contributed by atoms with Gasteiger partial charge in [-0.05, 0) is 25.0 Å². The van der Waals surface area contributed by atoms with Gasteiger partial charge in [-0.1, -0.05) is 12.1 Å². The second-order valence-electron chi connectivity index (χ2n) is 7.48. The van der Waals surface area contributed by atoms with Gasteiger partial charge in [-0.2, -0.15) is 13.2 Å². The van der Waals surface area contributed by atoms with Crippen LogP contribution in [0.2, 0.25) is 0 Å². The van der Waals surface area contributed by atoms with Gasteiger partial charge in [0.15, 0.2) is 5.79 Å². The average Bonchev–Trinajstić information content (AvgIpc) is 3.37. The van der Waals surface area contributed by atoms with Gasteiger partial charge in [0.05, 0.1) is 24.5 Å². The molecule has 0 radical (unpaired) electrons. The van der Waals surface area contributed by atoms with Crippen molar-refractivity contribution < 1.29 is 32.2 Å². The van der Waals surface area contributed by atoms with E-state index >= 15 is 0 Å². The molecule has 0 atom stereocenters. The summed E-state index contributed by atoms with van der Waals surface area (Å²) in [4.78, 5) is 27.3. The fraction of sp³-hybridized carbons (Fsp3) is 0.579. The van der Waals surface area contributed by atoms with E-state index in [1.807, 2.05) is 0 Å². The predicted octanol–water partition coefficient (Wildman–Crippen LogP) is 2.79. The van der Waals surface area contributed by atoms with Crippen molar-refractivity contribution >= 4 is 17.5 Å². The van der Waals surface area contributed by atoms with Crippen molar-refractivity contribution in [3.8, 4) is 0 Å². The number of rotatable bonds is 3. The van der Waals surface area contributed by atoms with E-state index in [0.29, 0.717) is 52.0 Å². The molecule has 1 aliphatic carbocycles. The third-order valence-electron chi connectivity index (χ3n) is 5.70. The van der Waals surface area contributed by atoms with Crippen molar-refractivity contribution in [2.24, 2.45) is 5.41 Å². The van der Waals surface area contributed by atoms with Gasteiger partial charge >= 0.3 is 6.18 Å². The molecule has 2 heterocycles. The maximum absolute atomic E-state index is 13.2. The highest BCUT2D eigenvalue weighted by molar-refractivity contribution is 6.13. The van der Waals surface area contributed by atoms with Gasteiger partial charge in [0, 0.05) is 25.9 Å². The fourth-order valence-electron chi connectivity index (χ4n) is 3.88. The number of carbonyl (C=O) groups excluding carboxylic acids is 2. The molecule has 28 heavy (non-hydrogen) atoms. The molecule has 2 aliphatic heterocycles. The molecule has 4 rings (SSSR count). The van der Waals surface area contributed by atoms with Crippen molar-refractivity contribution in [3.05, 3.63) is 29.8 Å². The lowest BCUT2D eigenvalue weighted by atomic mass is 9.98. The first-order valence-corrected chi connectivity index (χ1v) is 9.31. The zero-order valence-electron chi connectivity index (χ0n) is 15.2. The molecule has 2 saturated heterocycles. The van der Waals surface area contributed by atoms with E-state index in [9.17, 15) is 22.8 Å². The molecule has 6 nitrogen and oxygen atoms in total. The summed E-state index contributed by atoms with van der Waals surface area (Å²) in [5.74, 6) is -1.65. The number of likely N-dealkylation sites (tertiary alicyclic amines) is 1. The number of nitrogens with zero attached hydrogens (tertiary/aromatic N) is 1. The highest BCUT2D eigenvalue weighted by atomic mass is 19.4. The molecule has 1 aromatic carbocycles. The van der Waals surface area contributed by atoms with Gasteiger partial charge in [-0.25, -0.2) is 0 Å². The quantitative estimate of drug-likeness (QED) is 0.796. The van der Waals surface area contributed by atoms with Crippen molar-refractivity contribution in [2.45, 2.75) is 37.6 Å². The van der Waals surface area contributed by atoms with Crippen LogP contribution in [-0.4, -0.2) is 48.8 Å². The van der Waals surface area contributed by atoms with E-state index in [0.717, 1.165) is 6.07 Å². The summed E-state index contributed by atoms with van der Waals surface area (Å²) in [5, 5.41) is 2.33. The number of ether oxygens (including phenoxy) is 2. The lowest BCUT2D eigenvalue weighted by Gasteiger charge is -2.38. The maximum atomic E-state index is 13.2. The van der Waals surface area contributed by atoms with Crippen LogP contribution >= 0.6 is 0 Å². The second kappa shape index (κ2) is 6.73. The van der Waals surface area contributed by atoms with E-state index in [1.54, 1.807) is 4.90 Å². The molecule has 9 heteroatoms. The van der Waals surface area contributed by atoms with Crippen LogP contribution in [0.3, 0.4) is 0 Å². The Morgan fingerprint density at radius 3 is 2.18 bits per heavy atom. The monoisotopic (exact) mass is 398 g/mol. The van der Waals surface area contributed by atoms with Gasteiger partial charge in [0.2, 0.25) is 11.8 Å². The minimum Gasteiger partial charge on any atom is -0.347 e. The number of carbonyl (C=O) groups is 2. The third-order valence-corrected chi connectivity index (χ3v) is 5.70. The number of para-hydroxylation sites is 1. The third kappa shape index (κ3) is 3.37. The molecule has 152 valence electrons. The van der Waals surface area contributed by atoms with Crippen molar-refractivity contribution in [2.75, 3.05) is 31.6 Å². The molecule has 0 bridgehead atoms. The van der Waals surface area contributed by atoms with Gasteiger partial charge in [0.1, 0.15) is 5.41 Å². The van der Waals surface area contributed by atoms with Crippen LogP contribution in [0.5, 0.6) is 0 Å². The highest BCUT2D eigenvalue weighted by Crippen LogP contribution is 2.49. The van der Waals surface area contributed by atoms with E-state index in [2.05, 4.69) is 5.32 Å². The van der Waals surface area contributed by atoms with E-state index in [-0.39, 0.29) is 11.6 Å². The van der Waals surface area contributed by atoms with Crippen molar-refractivity contribution in [1.29, 1.82) is 0 Å². The number of alkyl halides is 3. The Hall–Kier alpha value is -2.13. The van der Waals surface area contributed by atoms with Crippen molar-refractivity contribution in [1.82, 2.24) is 4.90 Å². The molecule has 1 saturated carbocycles. The highest BCUT2D eigenvalue weighted by Gasteiger charge is 2.59. The van der Waals surface area contributed by atoms with Gasteiger partial charge in [0.25, 0.3) is 0 Å². The van der Waals surface area contributed by atoms with Crippen LogP contribution in [0.25, 0.3) is 0 Å². The lowest BCUT2D eigenvalue weighted by Crippen LogP contribution is -2.51. The molecule has 3 fully saturated rings. The van der Waals surface area contributed by atoms with Crippen LogP contribution in [-0.2, 0) is 25.2 Å². The number of anilines is 1. The molecular weight excluding hydrogens is 377 g/mol. The summed E-state index contributed by atoms with van der Waals surface area (Å²) in [6.45, 7) is 1.85. The second-order valence-corrected chi connectivity index (χ2v) is 7.48. The predicted molar refractivity (Wildman–Crippen MR) is 92.2 cm³/mol. The summed E-state index contributed by atoms with van der Waals surface area (Å²) < 4.78 is 50.7. The summed E-state index contributed by atoms with van der Waals surface area (Å²) in [7, 11) is 0. The Morgan fingerprint density at radius 2 is 1.61 bits per heavy atom. The smallest absolute Gasteiger partial charge is 0.347 e. The Morgan fingerprint density at radius 1 is 1.00 bits per heavy atom. The molecule has 1 spiro atoms. The fourth-order valence-corrected chi connectivity index (χ4v) is 3.88. The zero-order valence-corrected chi connectivity index (χ0v) is 15.2. The minimum absolute atomic E-state index is 0.329. The van der Waals surface area contributed by atoms with Crippen LogP contribution in [0, 0.1) is 5.41 Å². The van der Waals surface area contributed by atoms with Crippen LogP contribution in [0.15, 0.2) is 24.3 Å². The first-order valence-electron chi connectivity index (χ1n) is 9.31. The number of piperidine rings is 1. The number of hydrogen-bond acceptors (Lipinski definition) is 4. The molecular formula is C19H21F3N2O4. The zero-order chi connectivity index (χ0) is 20.0. The Labute approximate surface area is 160 Å². The number of nitrogens with one attached hydrogen (secondary N) is 1. The molecule has 2 amide bonds. The maximum Gasteiger partial charge on any atom is 0.418 e. The summed E-state index contributed by atoms with van der Waals surface area (Å²) >= 11 is 0. The summed E-state index contributed by atoms with van der Waals surface area (Å²) in [6.07, 6.45) is -2.88. The van der Waals surface area contributed by atoms with Gasteiger partial charge in [-0.3, -0.25) is 9.59 Å². The minimum atomic E-state index is -4.59. The summed E-state index contributed by atoms with van der Waals surface area (Å²) in [6, 6.07) is 4.77. The number of hydrogen-bond donors (Lipinski definition) is 1. The Bertz CT molecular complexity index is 776.